The van der Waals surface area contributed by atoms with Gasteiger partial charge in [0.1, 0.15) is 13.2 Å². The number of para-hydroxylation sites is 2. The zero-order valence-corrected chi connectivity index (χ0v) is 13.0. The number of piperazine rings is 1. The van der Waals surface area contributed by atoms with E-state index in [9.17, 15) is 0 Å². The molecule has 1 aromatic carbocycles. The van der Waals surface area contributed by atoms with E-state index < -0.39 is 0 Å². The van der Waals surface area contributed by atoms with Crippen molar-refractivity contribution in [3.05, 3.63) is 42.7 Å². The lowest BCUT2D eigenvalue weighted by molar-refractivity contribution is -0.903. The van der Waals surface area contributed by atoms with Gasteiger partial charge in [0, 0.05) is 12.4 Å². The third-order valence-corrected chi connectivity index (χ3v) is 4.39. The molecule has 0 aliphatic carbocycles. The molecule has 6 heteroatoms. The molecule has 2 aliphatic rings. The number of benzene rings is 1. The second-order valence-electron chi connectivity index (χ2n) is 5.99. The summed E-state index contributed by atoms with van der Waals surface area (Å²) in [6.07, 6.45) is 3.72. The van der Waals surface area contributed by atoms with E-state index in [0.717, 1.165) is 50.2 Å². The van der Waals surface area contributed by atoms with Gasteiger partial charge in [-0.15, -0.1) is 0 Å². The molecule has 0 spiro atoms. The van der Waals surface area contributed by atoms with Crippen LogP contribution in [-0.2, 0) is 0 Å². The Morgan fingerprint density at radius 1 is 1.04 bits per heavy atom. The predicted molar refractivity (Wildman–Crippen MR) is 86.2 cm³/mol. The van der Waals surface area contributed by atoms with Crippen molar-refractivity contribution in [2.45, 2.75) is 6.10 Å². The number of aromatic nitrogens is 2. The van der Waals surface area contributed by atoms with Crippen molar-refractivity contribution < 1.29 is 14.4 Å². The summed E-state index contributed by atoms with van der Waals surface area (Å²) in [6, 6.07) is 9.73. The number of fused-ring (bicyclic) bond motifs is 1. The Balaban J connectivity index is 1.30. The van der Waals surface area contributed by atoms with E-state index in [2.05, 4.69) is 14.9 Å². The average molecular weight is 313 g/mol. The fourth-order valence-corrected chi connectivity index (χ4v) is 3.17. The smallest absolute Gasteiger partial charge is 0.225 e. The Kier molecular flexibility index (Phi) is 3.98. The number of hydrogen-bond acceptors (Lipinski definition) is 5. The minimum absolute atomic E-state index is 0.124. The fourth-order valence-electron chi connectivity index (χ4n) is 3.17. The molecule has 1 N–H and O–H groups in total. The number of anilines is 1. The van der Waals surface area contributed by atoms with Gasteiger partial charge < -0.3 is 19.3 Å². The molecule has 23 heavy (non-hydrogen) atoms. The lowest BCUT2D eigenvalue weighted by Gasteiger charge is -2.35. The number of hydrogen-bond donors (Lipinski definition) is 1. The van der Waals surface area contributed by atoms with Crippen molar-refractivity contribution in [2.24, 2.45) is 0 Å². The van der Waals surface area contributed by atoms with Crippen LogP contribution in [0.5, 0.6) is 11.5 Å². The minimum Gasteiger partial charge on any atom is -0.486 e. The third-order valence-electron chi connectivity index (χ3n) is 4.39. The number of nitrogens with zero attached hydrogens (tertiary/aromatic N) is 3. The lowest BCUT2D eigenvalue weighted by atomic mass is 10.2. The molecule has 0 saturated carbocycles. The van der Waals surface area contributed by atoms with Crippen molar-refractivity contribution >= 4 is 5.95 Å². The molecule has 2 aliphatic heterocycles. The van der Waals surface area contributed by atoms with Crippen molar-refractivity contribution in [3.8, 4) is 11.5 Å². The van der Waals surface area contributed by atoms with E-state index in [1.807, 2.05) is 30.3 Å². The summed E-state index contributed by atoms with van der Waals surface area (Å²) >= 11 is 0. The first-order valence-electron chi connectivity index (χ1n) is 8.12. The molecule has 1 fully saturated rings. The van der Waals surface area contributed by atoms with Gasteiger partial charge in [0.15, 0.2) is 17.6 Å². The third kappa shape index (κ3) is 3.22. The second-order valence-corrected chi connectivity index (χ2v) is 5.99. The summed E-state index contributed by atoms with van der Waals surface area (Å²) in [5.41, 5.74) is 0. The molecule has 1 atom stereocenters. The summed E-state index contributed by atoms with van der Waals surface area (Å²) in [6.45, 7) is 5.69. The Hall–Kier alpha value is -2.34. The van der Waals surface area contributed by atoms with Gasteiger partial charge in [-0.25, -0.2) is 9.97 Å². The van der Waals surface area contributed by atoms with E-state index in [-0.39, 0.29) is 6.10 Å². The zero-order chi connectivity index (χ0) is 15.5. The van der Waals surface area contributed by atoms with Crippen LogP contribution in [0.3, 0.4) is 0 Å². The quantitative estimate of drug-likeness (QED) is 0.866. The maximum Gasteiger partial charge on any atom is 0.225 e. The Bertz CT molecular complexity index is 644. The molecular formula is C17H21N4O2+. The fraction of sp³-hybridized carbons (Fsp3) is 0.412. The molecule has 6 nitrogen and oxygen atoms in total. The molecule has 1 aromatic heterocycles. The van der Waals surface area contributed by atoms with Crippen LogP contribution < -0.4 is 19.3 Å². The van der Waals surface area contributed by atoms with Crippen LogP contribution in [0.2, 0.25) is 0 Å². The molecule has 0 unspecified atom stereocenters. The molecule has 4 rings (SSSR count). The highest BCUT2D eigenvalue weighted by molar-refractivity contribution is 5.40. The van der Waals surface area contributed by atoms with Gasteiger partial charge in [-0.2, -0.15) is 0 Å². The van der Waals surface area contributed by atoms with E-state index >= 15 is 0 Å². The van der Waals surface area contributed by atoms with Crippen LogP contribution in [0.25, 0.3) is 0 Å². The van der Waals surface area contributed by atoms with Crippen molar-refractivity contribution in [1.82, 2.24) is 9.97 Å². The monoisotopic (exact) mass is 313 g/mol. The van der Waals surface area contributed by atoms with Gasteiger partial charge >= 0.3 is 0 Å². The standard InChI is InChI=1S/C17H20N4O2/c1-2-5-16-15(4-1)22-13-14(23-16)12-20-8-10-21(11-9-20)17-18-6-3-7-19-17/h1-7,14H,8-13H2/p+1/t14-/m1/s1. The number of ether oxygens (including phenoxy) is 2. The maximum absolute atomic E-state index is 6.06. The van der Waals surface area contributed by atoms with Gasteiger partial charge in [-0.3, -0.25) is 0 Å². The molecule has 0 bridgehead atoms. The van der Waals surface area contributed by atoms with Crippen molar-refractivity contribution in [2.75, 3.05) is 44.2 Å². The molecule has 120 valence electrons. The highest BCUT2D eigenvalue weighted by Crippen LogP contribution is 2.30. The van der Waals surface area contributed by atoms with E-state index in [1.165, 1.54) is 0 Å². The first-order chi connectivity index (χ1) is 11.4. The molecule has 1 saturated heterocycles. The van der Waals surface area contributed by atoms with Gasteiger partial charge in [-0.05, 0) is 18.2 Å². The largest absolute Gasteiger partial charge is 0.486 e. The van der Waals surface area contributed by atoms with Crippen LogP contribution in [-0.4, -0.2) is 55.4 Å². The lowest BCUT2D eigenvalue weighted by Crippen LogP contribution is -3.16. The second kappa shape index (κ2) is 6.42. The van der Waals surface area contributed by atoms with E-state index in [1.54, 1.807) is 17.3 Å². The van der Waals surface area contributed by atoms with Gasteiger partial charge in [-0.1, -0.05) is 12.1 Å². The van der Waals surface area contributed by atoms with Gasteiger partial charge in [0.25, 0.3) is 0 Å². The van der Waals surface area contributed by atoms with Crippen molar-refractivity contribution in [1.29, 1.82) is 0 Å². The van der Waals surface area contributed by atoms with Crippen molar-refractivity contribution in [3.63, 3.8) is 0 Å². The number of quaternary nitrogens is 1. The summed E-state index contributed by atoms with van der Waals surface area (Å²) in [4.78, 5) is 12.5. The van der Waals surface area contributed by atoms with Crippen LogP contribution in [0, 0.1) is 0 Å². The van der Waals surface area contributed by atoms with E-state index in [4.69, 9.17) is 9.47 Å². The topological polar surface area (TPSA) is 51.9 Å². The van der Waals surface area contributed by atoms with Crippen LogP contribution in [0.15, 0.2) is 42.7 Å². The maximum atomic E-state index is 6.06. The number of rotatable bonds is 3. The first kappa shape index (κ1) is 14.3. The minimum atomic E-state index is 0.124. The normalized spacial score (nSPS) is 21.2. The highest BCUT2D eigenvalue weighted by atomic mass is 16.6. The molecular weight excluding hydrogens is 292 g/mol. The average Bonchev–Trinajstić information content (AvgIpc) is 2.63. The number of nitrogens with one attached hydrogen (secondary N) is 1. The van der Waals surface area contributed by atoms with E-state index in [0.29, 0.717) is 6.61 Å². The summed E-state index contributed by atoms with van der Waals surface area (Å²) in [5.74, 6) is 2.54. The first-order valence-corrected chi connectivity index (χ1v) is 8.12. The summed E-state index contributed by atoms with van der Waals surface area (Å²) in [5, 5.41) is 0. The molecule has 0 amide bonds. The van der Waals surface area contributed by atoms with Crippen LogP contribution >= 0.6 is 0 Å². The van der Waals surface area contributed by atoms with Gasteiger partial charge in [0.2, 0.25) is 5.95 Å². The van der Waals surface area contributed by atoms with Crippen LogP contribution in [0.4, 0.5) is 5.95 Å². The Morgan fingerprint density at radius 3 is 2.57 bits per heavy atom. The summed E-state index contributed by atoms with van der Waals surface area (Å²) in [7, 11) is 0. The molecule has 0 radical (unpaired) electrons. The van der Waals surface area contributed by atoms with Gasteiger partial charge in [0.05, 0.1) is 26.2 Å². The predicted octanol–water partition coefficient (Wildman–Crippen LogP) is 0.0215. The summed E-state index contributed by atoms with van der Waals surface area (Å²) < 4.78 is 11.9. The zero-order valence-electron chi connectivity index (χ0n) is 13.0. The van der Waals surface area contributed by atoms with Crippen LogP contribution in [0.1, 0.15) is 0 Å². The molecule has 2 aromatic rings. The SMILES string of the molecule is c1cnc(N2CC[NH+](C[C@@H]3COc4ccccc4O3)CC2)nc1. The highest BCUT2D eigenvalue weighted by Gasteiger charge is 2.28. The Labute approximate surface area is 135 Å². The molecule has 3 heterocycles. The Morgan fingerprint density at radius 2 is 1.78 bits per heavy atom.